The average molecular weight is 397 g/mol. The molecule has 0 atom stereocenters. The molecule has 28 heavy (non-hydrogen) atoms. The van der Waals surface area contributed by atoms with Crippen LogP contribution in [0.4, 0.5) is 0 Å². The number of carbonyl (C=O) groups excluding carboxylic acids is 1. The van der Waals surface area contributed by atoms with E-state index in [1.807, 2.05) is 30.3 Å². The van der Waals surface area contributed by atoms with Gasteiger partial charge in [-0.3, -0.25) is 14.7 Å². The van der Waals surface area contributed by atoms with E-state index >= 15 is 0 Å². The van der Waals surface area contributed by atoms with Crippen molar-refractivity contribution in [1.82, 2.24) is 20.7 Å². The minimum Gasteiger partial charge on any atom is -0.365 e. The Morgan fingerprint density at radius 2 is 1.93 bits per heavy atom. The van der Waals surface area contributed by atoms with Crippen LogP contribution in [0.5, 0.6) is 0 Å². The van der Waals surface area contributed by atoms with E-state index in [2.05, 4.69) is 20.7 Å². The van der Waals surface area contributed by atoms with Gasteiger partial charge in [-0.2, -0.15) is 5.10 Å². The van der Waals surface area contributed by atoms with E-state index in [1.165, 1.54) is 18.2 Å². The van der Waals surface area contributed by atoms with Gasteiger partial charge >= 0.3 is 5.97 Å². The highest BCUT2D eigenvalue weighted by atomic mass is 35.5. The van der Waals surface area contributed by atoms with Gasteiger partial charge in [-0.1, -0.05) is 41.9 Å². The molecule has 0 fully saturated rings. The maximum atomic E-state index is 12.9. The molecule has 4 rings (SSSR count). The van der Waals surface area contributed by atoms with Crippen LogP contribution < -0.4 is 16.5 Å². The minimum absolute atomic E-state index is 0.148. The molecule has 0 spiro atoms. The lowest BCUT2D eigenvalue weighted by Gasteiger charge is -2.04. The van der Waals surface area contributed by atoms with Gasteiger partial charge in [0.2, 0.25) is 0 Å². The monoisotopic (exact) mass is 396 g/mol. The lowest BCUT2D eigenvalue weighted by molar-refractivity contribution is 0.0232. The molecule has 8 nitrogen and oxygen atoms in total. The molecule has 0 bridgehead atoms. The zero-order valence-corrected chi connectivity index (χ0v) is 15.0. The second kappa shape index (κ2) is 7.26. The van der Waals surface area contributed by atoms with Crippen LogP contribution in [0.2, 0.25) is 5.02 Å². The summed E-state index contributed by atoms with van der Waals surface area (Å²) in [5, 5.41) is 6.65. The van der Waals surface area contributed by atoms with Crippen molar-refractivity contribution in [3.8, 4) is 0 Å². The lowest BCUT2D eigenvalue weighted by atomic mass is 10.2. The van der Waals surface area contributed by atoms with E-state index in [1.54, 1.807) is 0 Å². The Balaban J connectivity index is 1.73. The van der Waals surface area contributed by atoms with Crippen molar-refractivity contribution in [3.63, 3.8) is 0 Å². The first-order valence-corrected chi connectivity index (χ1v) is 8.64. The van der Waals surface area contributed by atoms with Crippen LogP contribution in [0.15, 0.2) is 58.1 Å². The third-order valence-corrected chi connectivity index (χ3v) is 4.41. The zero-order chi connectivity index (χ0) is 19.7. The first-order chi connectivity index (χ1) is 13.5. The Morgan fingerprint density at radius 3 is 2.71 bits per heavy atom. The van der Waals surface area contributed by atoms with E-state index in [0.717, 1.165) is 5.56 Å². The highest BCUT2D eigenvalue weighted by molar-refractivity contribution is 6.31. The number of nitrogens with one attached hydrogen (secondary N) is 3. The number of hydroxylamine groups is 1. The van der Waals surface area contributed by atoms with Crippen LogP contribution in [0.1, 0.15) is 16.1 Å². The largest absolute Gasteiger partial charge is 0.375 e. The number of aromatic amines is 2. The summed E-state index contributed by atoms with van der Waals surface area (Å²) in [5.41, 5.74) is 2.13. The van der Waals surface area contributed by atoms with E-state index < -0.39 is 17.0 Å². The van der Waals surface area contributed by atoms with Gasteiger partial charge in [0, 0.05) is 10.4 Å². The van der Waals surface area contributed by atoms with Crippen LogP contribution in [-0.4, -0.2) is 21.2 Å². The highest BCUT2D eigenvalue weighted by Gasteiger charge is 2.20. The third kappa shape index (κ3) is 3.26. The van der Waals surface area contributed by atoms with Crippen molar-refractivity contribution in [2.75, 3.05) is 0 Å². The predicted molar refractivity (Wildman–Crippen MR) is 104 cm³/mol. The van der Waals surface area contributed by atoms with Crippen LogP contribution in [0.3, 0.4) is 0 Å². The molecule has 2 aromatic heterocycles. The summed E-state index contributed by atoms with van der Waals surface area (Å²) < 4.78 is 0. The van der Waals surface area contributed by atoms with Crippen molar-refractivity contribution < 1.29 is 9.63 Å². The van der Waals surface area contributed by atoms with Gasteiger partial charge in [-0.05, 0) is 23.8 Å². The Hall–Kier alpha value is -3.49. The highest BCUT2D eigenvalue weighted by Crippen LogP contribution is 2.16. The fourth-order valence-corrected chi connectivity index (χ4v) is 3.01. The van der Waals surface area contributed by atoms with Gasteiger partial charge in [-0.15, -0.1) is 5.48 Å². The Kier molecular flexibility index (Phi) is 4.64. The number of hydrogen-bond acceptors (Lipinski definition) is 6. The van der Waals surface area contributed by atoms with Gasteiger partial charge in [0.05, 0.1) is 17.4 Å². The number of hydrogen-bond donors (Lipinski definition) is 3. The summed E-state index contributed by atoms with van der Waals surface area (Å²) in [5.74, 6) is -0.858. The van der Waals surface area contributed by atoms with Crippen molar-refractivity contribution >= 4 is 39.4 Å². The summed E-state index contributed by atoms with van der Waals surface area (Å²) >= 11 is 5.93. The summed E-state index contributed by atoms with van der Waals surface area (Å²) in [7, 11) is 0. The van der Waals surface area contributed by atoms with Crippen LogP contribution in [0.25, 0.3) is 21.8 Å². The fraction of sp³-hybridized carbons (Fsp3) is 0.0526. The number of rotatable bonds is 4. The van der Waals surface area contributed by atoms with Crippen molar-refractivity contribution in [2.24, 2.45) is 0 Å². The molecular weight excluding hydrogens is 384 g/mol. The molecule has 0 aliphatic heterocycles. The van der Waals surface area contributed by atoms with E-state index in [9.17, 15) is 14.4 Å². The lowest BCUT2D eigenvalue weighted by Crippen LogP contribution is -2.21. The van der Waals surface area contributed by atoms with Gasteiger partial charge in [0.1, 0.15) is 0 Å². The molecular formula is C19H13ClN4O4. The van der Waals surface area contributed by atoms with Gasteiger partial charge in [-0.25, -0.2) is 4.79 Å². The summed E-state index contributed by atoms with van der Waals surface area (Å²) in [6, 6.07) is 13.8. The van der Waals surface area contributed by atoms with E-state index in [4.69, 9.17) is 16.4 Å². The van der Waals surface area contributed by atoms with Crippen molar-refractivity contribution in [3.05, 3.63) is 85.4 Å². The van der Waals surface area contributed by atoms with Gasteiger partial charge < -0.3 is 9.82 Å². The number of aromatic nitrogens is 3. The fourth-order valence-electron chi connectivity index (χ4n) is 2.84. The topological polar surface area (TPSA) is 117 Å². The summed E-state index contributed by atoms with van der Waals surface area (Å²) in [4.78, 5) is 45.4. The number of carbonyl (C=O) groups is 1. The summed E-state index contributed by atoms with van der Waals surface area (Å²) in [6.07, 6.45) is 0. The molecule has 2 aromatic carbocycles. The van der Waals surface area contributed by atoms with Crippen molar-refractivity contribution in [2.45, 2.75) is 6.54 Å². The number of nitrogens with zero attached hydrogens (tertiary/aromatic N) is 1. The predicted octanol–water partition coefficient (Wildman–Crippen LogP) is 2.28. The number of halogens is 1. The van der Waals surface area contributed by atoms with Gasteiger partial charge in [0.25, 0.3) is 5.56 Å². The molecule has 0 saturated heterocycles. The number of H-pyrrole nitrogens is 2. The molecule has 0 aliphatic carbocycles. The molecule has 0 saturated carbocycles. The SMILES string of the molecule is O=C(ONCc1ccccc1)c1[nH]nc2c(=O)[nH]c3cc(Cl)ccc3c(=O)c12. The number of benzene rings is 2. The Labute approximate surface area is 162 Å². The smallest absolute Gasteiger partial charge is 0.365 e. The molecule has 2 heterocycles. The molecule has 140 valence electrons. The van der Waals surface area contributed by atoms with Crippen molar-refractivity contribution in [1.29, 1.82) is 0 Å². The molecule has 3 N–H and O–H groups in total. The van der Waals surface area contributed by atoms with E-state index in [-0.39, 0.29) is 34.0 Å². The molecule has 0 aliphatic rings. The number of fused-ring (bicyclic) bond motifs is 2. The van der Waals surface area contributed by atoms with Gasteiger partial charge in [0.15, 0.2) is 16.6 Å². The quantitative estimate of drug-likeness (QED) is 0.455. The maximum absolute atomic E-state index is 12.9. The first-order valence-electron chi connectivity index (χ1n) is 8.26. The average Bonchev–Trinajstić information content (AvgIpc) is 3.10. The maximum Gasteiger partial charge on any atom is 0.375 e. The van der Waals surface area contributed by atoms with Crippen LogP contribution >= 0.6 is 11.6 Å². The zero-order valence-electron chi connectivity index (χ0n) is 14.3. The normalized spacial score (nSPS) is 11.0. The first kappa shape index (κ1) is 17.9. The van der Waals surface area contributed by atoms with E-state index in [0.29, 0.717) is 5.02 Å². The Morgan fingerprint density at radius 1 is 1.14 bits per heavy atom. The minimum atomic E-state index is -0.858. The molecule has 0 radical (unpaired) electrons. The van der Waals surface area contributed by atoms with Crippen LogP contribution in [0, 0.1) is 0 Å². The molecule has 9 heteroatoms. The standard InChI is InChI=1S/C19H13ClN4O4/c20-11-6-7-12-13(8-11)22-18(26)15-14(17(12)25)16(24-23-15)19(27)28-21-9-10-4-2-1-3-5-10/h1-8,21H,9H2,(H,22,26)(H,23,24). The second-order valence-corrected chi connectivity index (χ2v) is 6.43. The summed E-state index contributed by atoms with van der Waals surface area (Å²) in [6.45, 7) is 0.276. The molecule has 4 aromatic rings. The second-order valence-electron chi connectivity index (χ2n) is 5.99. The van der Waals surface area contributed by atoms with Crippen LogP contribution in [-0.2, 0) is 11.4 Å². The molecule has 0 amide bonds. The Bertz CT molecular complexity index is 1310. The molecule has 0 unspecified atom stereocenters. The third-order valence-electron chi connectivity index (χ3n) is 4.17.